The number of aliphatic hydroxyl groups is 1. The molecule has 0 aromatic heterocycles. The topological polar surface area (TPSA) is 83.8 Å². The maximum absolute atomic E-state index is 11.9. The van der Waals surface area contributed by atoms with Gasteiger partial charge >= 0.3 is 12.1 Å². The number of quaternary nitrogens is 1. The van der Waals surface area contributed by atoms with Crippen LogP contribution in [0.1, 0.15) is 12.0 Å². The molecule has 108 valence electrons. The van der Waals surface area contributed by atoms with Gasteiger partial charge in [0.05, 0.1) is 7.11 Å². The highest BCUT2D eigenvalue weighted by Crippen LogP contribution is 2.31. The molecule has 2 N–H and O–H groups in total. The molecule has 2 rings (SSSR count). The van der Waals surface area contributed by atoms with E-state index in [9.17, 15) is 19.8 Å². The van der Waals surface area contributed by atoms with Gasteiger partial charge in [-0.05, 0) is 0 Å². The summed E-state index contributed by atoms with van der Waals surface area (Å²) in [5.74, 6) is -0.597. The number of rotatable bonds is 3. The first-order chi connectivity index (χ1) is 9.49. The molecule has 0 radical (unpaired) electrons. The van der Waals surface area contributed by atoms with Crippen molar-refractivity contribution < 1.29 is 29.0 Å². The fourth-order valence-corrected chi connectivity index (χ4v) is 2.83. The molecule has 0 bridgehead atoms. The van der Waals surface area contributed by atoms with Crippen LogP contribution < -0.4 is 0 Å². The maximum Gasteiger partial charge on any atom is 0.514 e. The van der Waals surface area contributed by atoms with E-state index in [0.717, 1.165) is 5.56 Å². The Bertz CT molecular complexity index is 504. The number of carboxylic acid groups (broad SMARTS) is 1. The molecule has 0 spiro atoms. The van der Waals surface area contributed by atoms with E-state index in [2.05, 4.69) is 0 Å². The van der Waals surface area contributed by atoms with Gasteiger partial charge in [-0.3, -0.25) is 0 Å². The number of methoxy groups -OCH3 is 1. The number of carbonyl (C=O) groups excluding carboxylic acids is 1. The van der Waals surface area contributed by atoms with E-state index in [1.54, 1.807) is 0 Å². The molecule has 6 heteroatoms. The zero-order valence-corrected chi connectivity index (χ0v) is 11.2. The number of esters is 1. The van der Waals surface area contributed by atoms with Gasteiger partial charge in [0.25, 0.3) is 0 Å². The number of hydrogen-bond acceptors (Lipinski definition) is 4. The second-order valence-corrected chi connectivity index (χ2v) is 5.07. The van der Waals surface area contributed by atoms with Gasteiger partial charge in [-0.15, -0.1) is 0 Å². The van der Waals surface area contributed by atoms with Crippen molar-refractivity contribution in [3.8, 4) is 0 Å². The number of nitrogens with zero attached hydrogens (tertiary/aromatic N) is 1. The fourth-order valence-electron chi connectivity index (χ4n) is 2.83. The van der Waals surface area contributed by atoms with Crippen molar-refractivity contribution in [3.05, 3.63) is 35.9 Å². The van der Waals surface area contributed by atoms with Gasteiger partial charge < -0.3 is 14.9 Å². The van der Waals surface area contributed by atoms with E-state index in [-0.39, 0.29) is 19.5 Å². The molecule has 1 aliphatic rings. The summed E-state index contributed by atoms with van der Waals surface area (Å²) in [4.78, 5) is 23.6. The van der Waals surface area contributed by atoms with Crippen molar-refractivity contribution >= 4 is 12.1 Å². The molecule has 1 aromatic carbocycles. The quantitative estimate of drug-likeness (QED) is 0.637. The first-order valence-electron chi connectivity index (χ1n) is 6.39. The Labute approximate surface area is 116 Å². The molecule has 1 aromatic rings. The number of ether oxygens (including phenoxy) is 1. The molecule has 1 heterocycles. The van der Waals surface area contributed by atoms with Gasteiger partial charge in [0.1, 0.15) is 19.2 Å². The lowest BCUT2D eigenvalue weighted by Crippen LogP contribution is -2.58. The molecular formula is C14H18NO5+. The minimum absolute atomic E-state index is 0.00396. The minimum Gasteiger partial charge on any atom is -0.465 e. The summed E-state index contributed by atoms with van der Waals surface area (Å²) in [6, 6.07) is 8.20. The Kier molecular flexibility index (Phi) is 4.06. The average molecular weight is 280 g/mol. The van der Waals surface area contributed by atoms with Crippen LogP contribution in [0.5, 0.6) is 0 Å². The number of aliphatic hydroxyl groups excluding tert-OH is 1. The van der Waals surface area contributed by atoms with Crippen LogP contribution in [0.25, 0.3) is 0 Å². The summed E-state index contributed by atoms with van der Waals surface area (Å²) < 4.78 is 4.18. The SMILES string of the molecule is COC(=O)[C@@H]1C[C@@H](O)C[N+]1(Cc1ccccc1)C(=O)O. The van der Waals surface area contributed by atoms with Crippen LogP contribution in [0, 0.1) is 0 Å². The Morgan fingerprint density at radius 2 is 2.00 bits per heavy atom. The fraction of sp³-hybridized carbons (Fsp3) is 0.429. The standard InChI is InChI=1S/C14H17NO5/c1-20-13(17)12-7-11(16)9-15(12,14(18)19)8-10-5-3-2-4-6-10/h2-6,11-12,16H,7-9H2,1H3/p+1/t11-,12+,15?/m1/s1. The van der Waals surface area contributed by atoms with Crippen LogP contribution in [-0.2, 0) is 16.1 Å². The summed E-state index contributed by atoms with van der Waals surface area (Å²) in [6.07, 6.45) is -1.84. The van der Waals surface area contributed by atoms with E-state index >= 15 is 0 Å². The molecule has 0 aliphatic carbocycles. The number of benzene rings is 1. The zero-order valence-electron chi connectivity index (χ0n) is 11.2. The van der Waals surface area contributed by atoms with E-state index in [4.69, 9.17) is 4.74 Å². The number of likely N-dealkylation sites (tertiary alicyclic amines) is 1. The first kappa shape index (κ1) is 14.5. The second kappa shape index (κ2) is 5.60. The molecule has 1 unspecified atom stereocenters. The van der Waals surface area contributed by atoms with Gasteiger partial charge in [-0.25, -0.2) is 9.28 Å². The summed E-state index contributed by atoms with van der Waals surface area (Å²) >= 11 is 0. The van der Waals surface area contributed by atoms with E-state index in [1.807, 2.05) is 30.3 Å². The monoisotopic (exact) mass is 280 g/mol. The average Bonchev–Trinajstić information content (AvgIpc) is 2.77. The number of hydrogen-bond donors (Lipinski definition) is 2. The third-order valence-electron chi connectivity index (χ3n) is 3.79. The number of amides is 1. The Morgan fingerprint density at radius 3 is 2.55 bits per heavy atom. The van der Waals surface area contributed by atoms with Crippen molar-refractivity contribution in [2.75, 3.05) is 13.7 Å². The smallest absolute Gasteiger partial charge is 0.465 e. The predicted molar refractivity (Wildman–Crippen MR) is 69.7 cm³/mol. The van der Waals surface area contributed by atoms with Crippen molar-refractivity contribution in [1.29, 1.82) is 0 Å². The van der Waals surface area contributed by atoms with Crippen LogP contribution in [0.15, 0.2) is 30.3 Å². The first-order valence-corrected chi connectivity index (χ1v) is 6.39. The van der Waals surface area contributed by atoms with Crippen molar-refractivity contribution in [2.45, 2.75) is 25.1 Å². The highest BCUT2D eigenvalue weighted by Gasteiger charge is 2.56. The highest BCUT2D eigenvalue weighted by atomic mass is 16.5. The maximum atomic E-state index is 11.9. The van der Waals surface area contributed by atoms with Gasteiger partial charge in [-0.1, -0.05) is 30.3 Å². The third-order valence-corrected chi connectivity index (χ3v) is 3.79. The molecule has 6 nitrogen and oxygen atoms in total. The summed E-state index contributed by atoms with van der Waals surface area (Å²) in [5, 5.41) is 19.4. The van der Waals surface area contributed by atoms with Crippen molar-refractivity contribution in [2.24, 2.45) is 0 Å². The lowest BCUT2D eigenvalue weighted by Gasteiger charge is -2.32. The largest absolute Gasteiger partial charge is 0.514 e. The normalized spacial score (nSPS) is 29.1. The highest BCUT2D eigenvalue weighted by molar-refractivity contribution is 5.77. The second-order valence-electron chi connectivity index (χ2n) is 5.07. The molecule has 1 saturated heterocycles. The van der Waals surface area contributed by atoms with Crippen LogP contribution in [0.3, 0.4) is 0 Å². The molecule has 1 amide bonds. The summed E-state index contributed by atoms with van der Waals surface area (Å²) in [6.45, 7) is 0.150. The molecule has 3 atom stereocenters. The molecular weight excluding hydrogens is 262 g/mol. The van der Waals surface area contributed by atoms with E-state index in [0.29, 0.717) is 0 Å². The Hall–Kier alpha value is -1.92. The zero-order chi connectivity index (χ0) is 14.8. The van der Waals surface area contributed by atoms with Crippen LogP contribution in [-0.4, -0.2) is 52.6 Å². The van der Waals surface area contributed by atoms with Crippen LogP contribution >= 0.6 is 0 Å². The lowest BCUT2D eigenvalue weighted by molar-refractivity contribution is -0.875. The molecule has 0 saturated carbocycles. The minimum atomic E-state index is -1.12. The van der Waals surface area contributed by atoms with Gasteiger partial charge in [0.2, 0.25) is 6.04 Å². The lowest BCUT2D eigenvalue weighted by atomic mass is 10.1. The third kappa shape index (κ3) is 2.52. The van der Waals surface area contributed by atoms with Gasteiger partial charge in [-0.2, -0.15) is 4.79 Å². The van der Waals surface area contributed by atoms with Crippen LogP contribution in [0.2, 0.25) is 0 Å². The summed E-state index contributed by atoms with van der Waals surface area (Å²) in [7, 11) is 1.23. The predicted octanol–water partition coefficient (Wildman–Crippen LogP) is 0.988. The van der Waals surface area contributed by atoms with Crippen LogP contribution in [0.4, 0.5) is 4.79 Å². The van der Waals surface area contributed by atoms with E-state index in [1.165, 1.54) is 7.11 Å². The summed E-state index contributed by atoms with van der Waals surface area (Å²) in [5.41, 5.74) is 0.804. The van der Waals surface area contributed by atoms with Gasteiger partial charge in [0.15, 0.2) is 0 Å². The Morgan fingerprint density at radius 1 is 1.35 bits per heavy atom. The molecule has 20 heavy (non-hydrogen) atoms. The molecule has 1 fully saturated rings. The van der Waals surface area contributed by atoms with E-state index < -0.39 is 28.7 Å². The van der Waals surface area contributed by atoms with Crippen molar-refractivity contribution in [1.82, 2.24) is 0 Å². The molecule has 1 aliphatic heterocycles. The van der Waals surface area contributed by atoms with Gasteiger partial charge in [0, 0.05) is 12.0 Å². The Balaban J connectivity index is 2.37. The van der Waals surface area contributed by atoms with Crippen molar-refractivity contribution in [3.63, 3.8) is 0 Å². The number of carbonyl (C=O) groups is 2.